The molecule has 0 aliphatic heterocycles. The maximum absolute atomic E-state index is 13.8. The molecule has 2 N–H and O–H groups in total. The topological polar surface area (TPSA) is 35.2 Å². The lowest BCUT2D eigenvalue weighted by Gasteiger charge is -2.14. The van der Waals surface area contributed by atoms with E-state index in [1.165, 1.54) is 6.07 Å². The molecular formula is C14H12Cl2FNO. The Kier molecular flexibility index (Phi) is 4.30. The van der Waals surface area contributed by atoms with Crippen molar-refractivity contribution in [2.24, 2.45) is 5.73 Å². The van der Waals surface area contributed by atoms with Gasteiger partial charge in [-0.15, -0.1) is 0 Å². The van der Waals surface area contributed by atoms with Crippen LogP contribution in [0.5, 0.6) is 11.5 Å². The fourth-order valence-corrected chi connectivity index (χ4v) is 2.27. The van der Waals surface area contributed by atoms with Crippen LogP contribution in [0.3, 0.4) is 0 Å². The molecule has 0 bridgehead atoms. The Bertz CT molecular complexity index is 582. The first-order chi connectivity index (χ1) is 8.97. The minimum atomic E-state index is -0.481. The number of rotatable bonds is 3. The van der Waals surface area contributed by atoms with Gasteiger partial charge in [0.05, 0.1) is 0 Å². The molecule has 1 atom stereocenters. The number of hydrogen-bond donors (Lipinski definition) is 1. The Labute approximate surface area is 120 Å². The maximum Gasteiger partial charge on any atom is 0.135 e. The molecular weight excluding hydrogens is 288 g/mol. The summed E-state index contributed by atoms with van der Waals surface area (Å²) in [4.78, 5) is 0. The fraction of sp³-hybridized carbons (Fsp3) is 0.143. The Morgan fingerprint density at radius 3 is 2.37 bits per heavy atom. The van der Waals surface area contributed by atoms with Crippen LogP contribution in [-0.4, -0.2) is 0 Å². The molecule has 0 fully saturated rings. The average Bonchev–Trinajstić information content (AvgIpc) is 2.26. The van der Waals surface area contributed by atoms with Crippen molar-refractivity contribution in [1.29, 1.82) is 0 Å². The van der Waals surface area contributed by atoms with E-state index in [0.717, 1.165) is 0 Å². The lowest BCUT2D eigenvalue weighted by molar-refractivity contribution is 0.461. The first-order valence-electron chi connectivity index (χ1n) is 5.65. The molecule has 100 valence electrons. The summed E-state index contributed by atoms with van der Waals surface area (Å²) in [5.74, 6) is 0.388. The minimum Gasteiger partial charge on any atom is -0.457 e. The average molecular weight is 300 g/mol. The maximum atomic E-state index is 13.8. The zero-order chi connectivity index (χ0) is 14.0. The van der Waals surface area contributed by atoms with Crippen molar-refractivity contribution in [2.75, 3.05) is 0 Å². The van der Waals surface area contributed by atoms with Gasteiger partial charge in [-0.3, -0.25) is 0 Å². The molecule has 0 aliphatic rings. The van der Waals surface area contributed by atoms with Crippen LogP contribution in [0.4, 0.5) is 4.39 Å². The number of nitrogens with two attached hydrogens (primary N) is 1. The van der Waals surface area contributed by atoms with Gasteiger partial charge < -0.3 is 10.5 Å². The molecule has 0 saturated heterocycles. The summed E-state index contributed by atoms with van der Waals surface area (Å²) < 4.78 is 19.4. The highest BCUT2D eigenvalue weighted by atomic mass is 35.5. The predicted octanol–water partition coefficient (Wildman–Crippen LogP) is 4.94. The third-order valence-corrected chi connectivity index (χ3v) is 2.97. The standard InChI is InChI=1S/C14H12Cl2FNO/c1-8(18)14-12(17)3-2-4-13(14)19-11-6-9(15)5-10(16)7-11/h2-8H,18H2,1H3. The normalized spacial score (nSPS) is 12.3. The molecule has 0 heterocycles. The van der Waals surface area contributed by atoms with E-state index in [4.69, 9.17) is 33.7 Å². The Balaban J connectivity index is 2.40. The van der Waals surface area contributed by atoms with Gasteiger partial charge in [0.25, 0.3) is 0 Å². The van der Waals surface area contributed by atoms with Crippen LogP contribution >= 0.6 is 23.2 Å². The molecule has 2 rings (SSSR count). The molecule has 0 aliphatic carbocycles. The van der Waals surface area contributed by atoms with Gasteiger partial charge in [-0.25, -0.2) is 4.39 Å². The van der Waals surface area contributed by atoms with Gasteiger partial charge >= 0.3 is 0 Å². The highest BCUT2D eigenvalue weighted by Gasteiger charge is 2.14. The van der Waals surface area contributed by atoms with E-state index in [-0.39, 0.29) is 0 Å². The summed E-state index contributed by atoms with van der Waals surface area (Å²) in [5, 5.41) is 0.891. The Hall–Kier alpha value is -1.29. The number of halogens is 3. The van der Waals surface area contributed by atoms with E-state index in [9.17, 15) is 4.39 Å². The van der Waals surface area contributed by atoms with E-state index in [1.54, 1.807) is 37.3 Å². The van der Waals surface area contributed by atoms with Crippen molar-refractivity contribution in [2.45, 2.75) is 13.0 Å². The molecule has 2 aromatic carbocycles. The highest BCUT2D eigenvalue weighted by Crippen LogP contribution is 2.33. The van der Waals surface area contributed by atoms with Gasteiger partial charge in [-0.1, -0.05) is 29.3 Å². The van der Waals surface area contributed by atoms with E-state index in [1.807, 2.05) is 0 Å². The SMILES string of the molecule is CC(N)c1c(F)cccc1Oc1cc(Cl)cc(Cl)c1. The lowest BCUT2D eigenvalue weighted by atomic mass is 10.1. The number of ether oxygens (including phenoxy) is 1. The summed E-state index contributed by atoms with van der Waals surface area (Å²) in [6, 6.07) is 8.86. The lowest BCUT2D eigenvalue weighted by Crippen LogP contribution is -2.09. The van der Waals surface area contributed by atoms with E-state index in [0.29, 0.717) is 27.1 Å². The van der Waals surface area contributed by atoms with Gasteiger partial charge in [0.1, 0.15) is 17.3 Å². The number of benzene rings is 2. The first kappa shape index (κ1) is 14.1. The second-order valence-electron chi connectivity index (χ2n) is 4.15. The van der Waals surface area contributed by atoms with Crippen LogP contribution in [0.2, 0.25) is 10.0 Å². The van der Waals surface area contributed by atoms with Gasteiger partial charge in [-0.05, 0) is 37.3 Å². The van der Waals surface area contributed by atoms with E-state index in [2.05, 4.69) is 0 Å². The summed E-state index contributed by atoms with van der Waals surface area (Å²) >= 11 is 11.8. The molecule has 19 heavy (non-hydrogen) atoms. The van der Waals surface area contributed by atoms with E-state index < -0.39 is 11.9 Å². The summed E-state index contributed by atoms with van der Waals surface area (Å²) in [6.45, 7) is 1.69. The van der Waals surface area contributed by atoms with Gasteiger partial charge in [0, 0.05) is 21.7 Å². The van der Waals surface area contributed by atoms with Crippen LogP contribution in [0.15, 0.2) is 36.4 Å². The zero-order valence-electron chi connectivity index (χ0n) is 10.2. The van der Waals surface area contributed by atoms with Crippen molar-refractivity contribution < 1.29 is 9.13 Å². The number of hydrogen-bond acceptors (Lipinski definition) is 2. The third-order valence-electron chi connectivity index (χ3n) is 2.53. The van der Waals surface area contributed by atoms with Gasteiger partial charge in [0.15, 0.2) is 0 Å². The smallest absolute Gasteiger partial charge is 0.135 e. The monoisotopic (exact) mass is 299 g/mol. The molecule has 2 aromatic rings. The van der Waals surface area contributed by atoms with Crippen LogP contribution in [0, 0.1) is 5.82 Å². The van der Waals surface area contributed by atoms with Crippen molar-refractivity contribution in [3.8, 4) is 11.5 Å². The van der Waals surface area contributed by atoms with Crippen LogP contribution in [0.1, 0.15) is 18.5 Å². The molecule has 0 saturated carbocycles. The summed E-state index contributed by atoms with van der Waals surface area (Å²) in [6.07, 6.45) is 0. The van der Waals surface area contributed by atoms with Crippen molar-refractivity contribution >= 4 is 23.2 Å². The van der Waals surface area contributed by atoms with Crippen molar-refractivity contribution in [3.05, 3.63) is 57.8 Å². The van der Waals surface area contributed by atoms with Crippen molar-refractivity contribution in [3.63, 3.8) is 0 Å². The summed E-state index contributed by atoms with van der Waals surface area (Å²) in [7, 11) is 0. The Morgan fingerprint density at radius 1 is 1.16 bits per heavy atom. The molecule has 5 heteroatoms. The molecule has 0 radical (unpaired) electrons. The van der Waals surface area contributed by atoms with Gasteiger partial charge in [-0.2, -0.15) is 0 Å². The van der Waals surface area contributed by atoms with Crippen molar-refractivity contribution in [1.82, 2.24) is 0 Å². The molecule has 0 aromatic heterocycles. The minimum absolute atomic E-state index is 0.318. The molecule has 2 nitrogen and oxygen atoms in total. The molecule has 1 unspecified atom stereocenters. The third kappa shape index (κ3) is 3.38. The molecule has 0 amide bonds. The van der Waals surface area contributed by atoms with Crippen LogP contribution < -0.4 is 10.5 Å². The highest BCUT2D eigenvalue weighted by molar-refractivity contribution is 6.34. The predicted molar refractivity (Wildman–Crippen MR) is 75.5 cm³/mol. The van der Waals surface area contributed by atoms with Crippen LogP contribution in [-0.2, 0) is 0 Å². The largest absolute Gasteiger partial charge is 0.457 e. The van der Waals surface area contributed by atoms with E-state index >= 15 is 0 Å². The first-order valence-corrected chi connectivity index (χ1v) is 6.41. The quantitative estimate of drug-likeness (QED) is 0.871. The van der Waals surface area contributed by atoms with Gasteiger partial charge in [0.2, 0.25) is 0 Å². The fourth-order valence-electron chi connectivity index (χ4n) is 1.76. The molecule has 0 spiro atoms. The second kappa shape index (κ2) is 5.78. The zero-order valence-corrected chi connectivity index (χ0v) is 11.7. The summed E-state index contributed by atoms with van der Waals surface area (Å²) in [5.41, 5.74) is 6.07. The second-order valence-corrected chi connectivity index (χ2v) is 5.02. The Morgan fingerprint density at radius 2 is 1.79 bits per heavy atom. The van der Waals surface area contributed by atoms with Crippen LogP contribution in [0.25, 0.3) is 0 Å².